The van der Waals surface area contributed by atoms with Crippen LogP contribution < -0.4 is 26.6 Å². The van der Waals surface area contributed by atoms with Gasteiger partial charge in [0.15, 0.2) is 0 Å². The Labute approximate surface area is 359 Å². The maximum atomic E-state index is 15.1. The summed E-state index contributed by atoms with van der Waals surface area (Å²) in [4.78, 5) is 38.6. The second-order valence-corrected chi connectivity index (χ2v) is 16.5. The number of aliphatic imine (C=N–C) groups is 1. The number of alkyl carbamates (subject to hydrolysis) is 1. The number of aliphatic hydroxyl groups is 1. The fourth-order valence-electron chi connectivity index (χ4n) is 8.02. The highest BCUT2D eigenvalue weighted by molar-refractivity contribution is 6.09. The number of carbonyl (C=O) groups is 2. The number of hydrogen-bond acceptors (Lipinski definition) is 11. The molecule has 5 atom stereocenters. The smallest absolute Gasteiger partial charge is 0.407 e. The molecule has 332 valence electrons. The molecule has 6 N–H and O–H groups in total. The van der Waals surface area contributed by atoms with Crippen molar-refractivity contribution < 1.29 is 41.7 Å². The molecule has 13 nitrogen and oxygen atoms in total. The molecule has 62 heavy (non-hydrogen) atoms. The number of nitrogens with one attached hydrogen (secondary N) is 3. The number of halogens is 4. The lowest BCUT2D eigenvalue weighted by molar-refractivity contribution is -0.127. The number of aromatic nitrogens is 1. The molecular formula is C45H54F4N8O5. The average Bonchev–Trinajstić information content (AvgIpc) is 3.47. The van der Waals surface area contributed by atoms with Gasteiger partial charge in [0.2, 0.25) is 5.91 Å². The van der Waals surface area contributed by atoms with Crippen LogP contribution in [0.5, 0.6) is 0 Å². The van der Waals surface area contributed by atoms with Crippen LogP contribution in [-0.2, 0) is 27.2 Å². The first kappa shape index (κ1) is 46.0. The van der Waals surface area contributed by atoms with Gasteiger partial charge in [0, 0.05) is 84.6 Å². The highest BCUT2D eigenvalue weighted by Gasteiger charge is 2.45. The van der Waals surface area contributed by atoms with Gasteiger partial charge >= 0.3 is 12.6 Å². The molecule has 0 spiro atoms. The maximum Gasteiger partial charge on any atom is 0.407 e. The number of pyridine rings is 1. The van der Waals surface area contributed by atoms with Crippen molar-refractivity contribution in [2.75, 3.05) is 51.5 Å². The Bertz CT molecular complexity index is 2110. The minimum absolute atomic E-state index is 0.0435. The molecule has 3 aliphatic rings. The van der Waals surface area contributed by atoms with Crippen molar-refractivity contribution >= 4 is 29.6 Å². The first-order valence-electron chi connectivity index (χ1n) is 20.6. The summed E-state index contributed by atoms with van der Waals surface area (Å²) in [7, 11) is 1.12. The Morgan fingerprint density at radius 1 is 1.05 bits per heavy atom. The Hall–Kier alpha value is -5.54. The quantitative estimate of drug-likeness (QED) is 0.0576. The third-order valence-electron chi connectivity index (χ3n) is 11.6. The molecule has 3 fully saturated rings. The van der Waals surface area contributed by atoms with Gasteiger partial charge in [-0.1, -0.05) is 50.0 Å². The van der Waals surface area contributed by atoms with Crippen LogP contribution in [0.4, 0.5) is 28.2 Å². The van der Waals surface area contributed by atoms with Crippen LogP contribution in [-0.4, -0.2) is 123 Å². The summed E-state index contributed by atoms with van der Waals surface area (Å²) in [6, 6.07) is 14.6. The molecule has 2 unspecified atom stereocenters. The number of methoxy groups -OCH3 is 1. The molecule has 6 rings (SSSR count). The summed E-state index contributed by atoms with van der Waals surface area (Å²) in [5.41, 5.74) is 6.96. The number of carbonyl (C=O) groups excluding carboxylic acids is 2. The van der Waals surface area contributed by atoms with Gasteiger partial charge in [-0.3, -0.25) is 14.1 Å². The van der Waals surface area contributed by atoms with Crippen LogP contribution in [0.1, 0.15) is 54.5 Å². The predicted octanol–water partition coefficient (Wildman–Crippen LogP) is 4.16. The highest BCUT2D eigenvalue weighted by Crippen LogP contribution is 2.35. The number of piperazine rings is 1. The topological polar surface area (TPSA) is 167 Å². The highest BCUT2D eigenvalue weighted by atomic mass is 19.3. The summed E-state index contributed by atoms with van der Waals surface area (Å²) in [6.07, 6.45) is 4.02. The SMILES string of the molecule is COC(=O)N[C@H](C(=O)N[C@@H](Cc1ccc(C#Cc2ccc(N3CC4CCC(C3)N4C3COC3)nc2)cc1)[C@@H](O)CNCc1ccc(C(C=NC(F)F)=CN)cc1F)C(C)(C)CF. The van der Waals surface area contributed by atoms with Crippen LogP contribution in [0, 0.1) is 23.1 Å². The fraction of sp³-hybridized carbons (Fsp3) is 0.467. The molecule has 3 aromatic rings. The van der Waals surface area contributed by atoms with E-state index in [1.165, 1.54) is 38.8 Å². The van der Waals surface area contributed by atoms with Crippen molar-refractivity contribution in [1.29, 1.82) is 0 Å². The number of rotatable bonds is 17. The average molecular weight is 863 g/mol. The minimum atomic E-state index is -2.95. The van der Waals surface area contributed by atoms with Crippen molar-refractivity contribution in [3.63, 3.8) is 0 Å². The summed E-state index contributed by atoms with van der Waals surface area (Å²) in [6.45, 7) is 2.44. The molecule has 2 aromatic carbocycles. The first-order valence-corrected chi connectivity index (χ1v) is 20.6. The van der Waals surface area contributed by atoms with E-state index in [9.17, 15) is 27.9 Å². The third-order valence-corrected chi connectivity index (χ3v) is 11.6. The van der Waals surface area contributed by atoms with E-state index in [-0.39, 0.29) is 36.2 Å². The van der Waals surface area contributed by atoms with Crippen LogP contribution >= 0.6 is 0 Å². The van der Waals surface area contributed by atoms with Crippen molar-refractivity contribution in [3.05, 3.63) is 101 Å². The standard InChI is InChI=1S/C45H54F4N8O5/c1-45(2,27-46)41(55-44(60)61-3)42(59)54-38(39(58)22-51-20-32-12-11-31(17-37(32)47)33(18-50)21-53-43(48)49)16-29-7-4-28(5-8-29)6-9-30-10-15-40(52-19-30)56-23-34-13-14-35(24-56)57(34)36-25-62-26-36/h4-5,7-8,10-12,15,17-19,21,34-36,38-39,41,43,51,58H,13-14,16,20,22-27,50H2,1-3H3,(H,54,59)(H,55,60)/t34?,35?,38-,39-,41+/m0/s1. The number of aliphatic hydroxyl groups excluding tert-OH is 1. The van der Waals surface area contributed by atoms with Gasteiger partial charge in [-0.2, -0.15) is 8.78 Å². The Morgan fingerprint density at radius 2 is 1.74 bits per heavy atom. The number of amides is 2. The van der Waals surface area contributed by atoms with Crippen LogP contribution in [0.3, 0.4) is 0 Å². The number of nitrogens with two attached hydrogens (primary N) is 1. The first-order chi connectivity index (χ1) is 29.8. The molecule has 0 saturated carbocycles. The predicted molar refractivity (Wildman–Crippen MR) is 228 cm³/mol. The normalized spacial score (nSPS) is 19.7. The lowest BCUT2D eigenvalue weighted by Gasteiger charge is -2.47. The molecule has 3 aliphatic heterocycles. The van der Waals surface area contributed by atoms with Gasteiger partial charge in [-0.05, 0) is 60.7 Å². The number of nitrogens with zero attached hydrogens (tertiary/aromatic N) is 4. The van der Waals surface area contributed by atoms with Gasteiger partial charge in [-0.15, -0.1) is 0 Å². The summed E-state index contributed by atoms with van der Waals surface area (Å²) in [5, 5.41) is 19.6. The van der Waals surface area contributed by atoms with Gasteiger partial charge in [0.25, 0.3) is 0 Å². The number of anilines is 1. The number of fused-ring (bicyclic) bond motifs is 2. The molecule has 3 saturated heterocycles. The van der Waals surface area contributed by atoms with Crippen LogP contribution in [0.2, 0.25) is 0 Å². The van der Waals surface area contributed by atoms with E-state index in [1.807, 2.05) is 36.4 Å². The van der Waals surface area contributed by atoms with Crippen molar-refractivity contribution in [2.24, 2.45) is 16.1 Å². The molecule has 2 bridgehead atoms. The third kappa shape index (κ3) is 11.7. The second kappa shape index (κ2) is 21.0. The Kier molecular flexibility index (Phi) is 15.6. The monoisotopic (exact) mass is 862 g/mol. The largest absolute Gasteiger partial charge is 0.453 e. The van der Waals surface area contributed by atoms with E-state index in [4.69, 9.17) is 15.5 Å². The molecular weight excluding hydrogens is 809 g/mol. The molecule has 1 aromatic heterocycles. The molecule has 0 aliphatic carbocycles. The van der Waals surface area contributed by atoms with E-state index < -0.39 is 54.6 Å². The number of ether oxygens (including phenoxy) is 2. The summed E-state index contributed by atoms with van der Waals surface area (Å²) >= 11 is 0. The Morgan fingerprint density at radius 3 is 2.32 bits per heavy atom. The summed E-state index contributed by atoms with van der Waals surface area (Å²) in [5.74, 6) is 5.88. The number of alkyl halides is 3. The molecule has 0 radical (unpaired) electrons. The van der Waals surface area contributed by atoms with Gasteiger partial charge < -0.3 is 41.2 Å². The van der Waals surface area contributed by atoms with E-state index >= 15 is 4.39 Å². The zero-order valence-corrected chi connectivity index (χ0v) is 35.0. The second-order valence-electron chi connectivity index (χ2n) is 16.5. The zero-order valence-electron chi connectivity index (χ0n) is 35.0. The van der Waals surface area contributed by atoms with Crippen molar-refractivity contribution in [3.8, 4) is 11.8 Å². The van der Waals surface area contributed by atoms with Crippen LogP contribution in [0.25, 0.3) is 5.57 Å². The molecule has 4 heterocycles. The molecule has 2 amide bonds. The van der Waals surface area contributed by atoms with Crippen molar-refractivity contribution in [2.45, 2.75) is 82.5 Å². The number of allylic oxidation sites excluding steroid dienone is 1. The van der Waals surface area contributed by atoms with Gasteiger partial charge in [0.1, 0.15) is 17.7 Å². The fourth-order valence-corrected chi connectivity index (χ4v) is 8.02. The van der Waals surface area contributed by atoms with Crippen LogP contribution in [0.15, 0.2) is 72.0 Å². The maximum absolute atomic E-state index is 15.1. The van der Waals surface area contributed by atoms with Crippen molar-refractivity contribution in [1.82, 2.24) is 25.8 Å². The Balaban J connectivity index is 1.10. The number of benzene rings is 2. The van der Waals surface area contributed by atoms with Gasteiger partial charge in [-0.25, -0.2) is 19.2 Å². The van der Waals surface area contributed by atoms with E-state index in [2.05, 4.69) is 47.3 Å². The lowest BCUT2D eigenvalue weighted by atomic mass is 9.85. The van der Waals surface area contributed by atoms with E-state index in [0.29, 0.717) is 18.1 Å². The summed E-state index contributed by atoms with van der Waals surface area (Å²) < 4.78 is 64.5. The molecule has 17 heteroatoms. The van der Waals surface area contributed by atoms with E-state index in [1.54, 1.807) is 6.20 Å². The zero-order chi connectivity index (χ0) is 44.4. The van der Waals surface area contributed by atoms with E-state index in [0.717, 1.165) is 74.4 Å². The van der Waals surface area contributed by atoms with Gasteiger partial charge in [0.05, 0.1) is 45.2 Å². The lowest BCUT2D eigenvalue weighted by Crippen LogP contribution is -2.62. The minimum Gasteiger partial charge on any atom is -0.453 e. The number of hydrogen-bond donors (Lipinski definition) is 5.